The van der Waals surface area contributed by atoms with E-state index < -0.39 is 23.6 Å². The second kappa shape index (κ2) is 8.84. The summed E-state index contributed by atoms with van der Waals surface area (Å²) < 4.78 is 41.5. The molecule has 1 N–H and O–H groups in total. The van der Waals surface area contributed by atoms with Gasteiger partial charge in [-0.05, 0) is 71.5 Å². The highest BCUT2D eigenvalue weighted by atomic mass is 19.2. The zero-order chi connectivity index (χ0) is 22.0. The maximum Gasteiger partial charge on any atom is 0.163 e. The first-order valence-electron chi connectivity index (χ1n) is 9.73. The molecule has 0 amide bonds. The van der Waals surface area contributed by atoms with Crippen LogP contribution in [0.2, 0.25) is 0 Å². The molecule has 0 saturated heterocycles. The second-order valence-corrected chi connectivity index (χ2v) is 7.92. The first kappa shape index (κ1) is 21.8. The highest BCUT2D eigenvalue weighted by molar-refractivity contribution is 5.97. The molecule has 3 aromatic carbocycles. The van der Waals surface area contributed by atoms with Gasteiger partial charge in [-0.15, -0.1) is 0 Å². The minimum Gasteiger partial charge on any atom is -0.384 e. The van der Waals surface area contributed by atoms with Crippen molar-refractivity contribution in [1.82, 2.24) is 0 Å². The SMILES string of the molecule is Cc1ccc(-c2cc(C(=O)CC(C)C)cc(C(O)c3ccc(F)c(F)c3)c2)c(F)c1. The average molecular weight is 412 g/mol. The molecule has 0 aliphatic rings. The molecule has 156 valence electrons. The van der Waals surface area contributed by atoms with E-state index in [0.717, 1.165) is 17.7 Å². The molecule has 2 nitrogen and oxygen atoms in total. The van der Waals surface area contributed by atoms with Crippen LogP contribution in [0, 0.1) is 30.3 Å². The largest absolute Gasteiger partial charge is 0.384 e. The summed E-state index contributed by atoms with van der Waals surface area (Å²) in [6.45, 7) is 5.60. The standard InChI is InChI=1S/C25H23F3O2/c1-14(2)8-24(29)18-10-17(20-6-4-15(3)9-22(20)27)11-19(12-18)25(30)16-5-7-21(26)23(28)13-16/h4-7,9-14,25,30H,8H2,1-3H3. The van der Waals surface area contributed by atoms with E-state index in [1.54, 1.807) is 31.2 Å². The molecule has 0 spiro atoms. The van der Waals surface area contributed by atoms with Gasteiger partial charge in [0.15, 0.2) is 17.4 Å². The summed E-state index contributed by atoms with van der Waals surface area (Å²) in [4.78, 5) is 12.7. The fourth-order valence-corrected chi connectivity index (χ4v) is 3.34. The topological polar surface area (TPSA) is 37.3 Å². The Morgan fingerprint density at radius 3 is 2.23 bits per heavy atom. The van der Waals surface area contributed by atoms with E-state index >= 15 is 0 Å². The van der Waals surface area contributed by atoms with Gasteiger partial charge >= 0.3 is 0 Å². The van der Waals surface area contributed by atoms with Crippen molar-refractivity contribution < 1.29 is 23.1 Å². The Bertz CT molecular complexity index is 1090. The van der Waals surface area contributed by atoms with Crippen LogP contribution in [0.25, 0.3) is 11.1 Å². The highest BCUT2D eigenvalue weighted by Gasteiger charge is 2.19. The number of benzene rings is 3. The van der Waals surface area contributed by atoms with Crippen molar-refractivity contribution in [2.75, 3.05) is 0 Å². The van der Waals surface area contributed by atoms with Crippen LogP contribution in [0.5, 0.6) is 0 Å². The maximum absolute atomic E-state index is 14.6. The number of halogens is 3. The molecule has 5 heteroatoms. The third-order valence-corrected chi connectivity index (χ3v) is 4.88. The van der Waals surface area contributed by atoms with Gasteiger partial charge in [-0.3, -0.25) is 4.79 Å². The first-order chi connectivity index (χ1) is 14.2. The number of carbonyl (C=O) groups is 1. The van der Waals surface area contributed by atoms with Gasteiger partial charge in [0.2, 0.25) is 0 Å². The summed E-state index contributed by atoms with van der Waals surface area (Å²) >= 11 is 0. The van der Waals surface area contributed by atoms with Gasteiger partial charge in [0.05, 0.1) is 0 Å². The minimum atomic E-state index is -1.31. The van der Waals surface area contributed by atoms with Crippen LogP contribution in [0.15, 0.2) is 54.6 Å². The van der Waals surface area contributed by atoms with Gasteiger partial charge < -0.3 is 5.11 Å². The Morgan fingerprint density at radius 2 is 1.60 bits per heavy atom. The molecular formula is C25H23F3O2. The summed E-state index contributed by atoms with van der Waals surface area (Å²) in [6, 6.07) is 12.6. The van der Waals surface area contributed by atoms with Crippen molar-refractivity contribution >= 4 is 5.78 Å². The monoisotopic (exact) mass is 412 g/mol. The molecule has 0 aliphatic heterocycles. The molecule has 0 aromatic heterocycles. The van der Waals surface area contributed by atoms with Crippen LogP contribution in [-0.2, 0) is 0 Å². The number of aliphatic hydroxyl groups excluding tert-OH is 1. The van der Waals surface area contributed by atoms with Crippen molar-refractivity contribution in [3.8, 4) is 11.1 Å². The zero-order valence-electron chi connectivity index (χ0n) is 17.0. The third kappa shape index (κ3) is 4.79. The molecule has 0 bridgehead atoms. The Hall–Kier alpha value is -2.92. The summed E-state index contributed by atoms with van der Waals surface area (Å²) in [7, 11) is 0. The molecule has 0 radical (unpaired) electrons. The Morgan fingerprint density at radius 1 is 0.867 bits per heavy atom. The number of aryl methyl sites for hydroxylation is 1. The molecule has 0 fully saturated rings. The van der Waals surface area contributed by atoms with Crippen LogP contribution < -0.4 is 0 Å². The molecule has 1 unspecified atom stereocenters. The molecule has 0 heterocycles. The number of Topliss-reactive ketones (excluding diaryl/α,β-unsaturated/α-hetero) is 1. The smallest absolute Gasteiger partial charge is 0.163 e. The van der Waals surface area contributed by atoms with Gasteiger partial charge in [0.1, 0.15) is 11.9 Å². The van der Waals surface area contributed by atoms with Gasteiger partial charge in [0, 0.05) is 17.5 Å². The lowest BCUT2D eigenvalue weighted by Gasteiger charge is -2.16. The van der Waals surface area contributed by atoms with E-state index in [4.69, 9.17) is 0 Å². The van der Waals surface area contributed by atoms with E-state index in [0.29, 0.717) is 28.7 Å². The van der Waals surface area contributed by atoms with Crippen LogP contribution in [0.4, 0.5) is 13.2 Å². The molecule has 3 rings (SSSR count). The molecular weight excluding hydrogens is 389 g/mol. The number of carbonyl (C=O) groups excluding carboxylic acids is 1. The Labute approximate surface area is 174 Å². The highest BCUT2D eigenvalue weighted by Crippen LogP contribution is 2.31. The normalized spacial score (nSPS) is 12.3. The third-order valence-electron chi connectivity index (χ3n) is 4.88. The van der Waals surface area contributed by atoms with Crippen LogP contribution >= 0.6 is 0 Å². The van der Waals surface area contributed by atoms with E-state index in [1.807, 2.05) is 13.8 Å². The minimum absolute atomic E-state index is 0.122. The van der Waals surface area contributed by atoms with Crippen molar-refractivity contribution in [3.63, 3.8) is 0 Å². The molecule has 0 aliphatic carbocycles. The Balaban J connectivity index is 2.13. The molecule has 3 aromatic rings. The summed E-state index contributed by atoms with van der Waals surface area (Å²) in [5.74, 6) is -2.57. The number of rotatable bonds is 6. The average Bonchev–Trinajstić information content (AvgIpc) is 2.68. The van der Waals surface area contributed by atoms with Gasteiger partial charge in [-0.2, -0.15) is 0 Å². The fourth-order valence-electron chi connectivity index (χ4n) is 3.34. The number of hydrogen-bond acceptors (Lipinski definition) is 2. The van der Waals surface area contributed by atoms with Crippen LogP contribution in [0.1, 0.15) is 53.4 Å². The summed E-state index contributed by atoms with van der Waals surface area (Å²) in [5.41, 5.74) is 2.24. The second-order valence-electron chi connectivity index (χ2n) is 7.92. The molecule has 30 heavy (non-hydrogen) atoms. The van der Waals surface area contributed by atoms with Gasteiger partial charge in [-0.25, -0.2) is 13.2 Å². The molecule has 0 saturated carbocycles. The van der Waals surface area contributed by atoms with Crippen molar-refractivity contribution in [2.45, 2.75) is 33.3 Å². The lowest BCUT2D eigenvalue weighted by atomic mass is 9.91. The quantitative estimate of drug-likeness (QED) is 0.476. The van der Waals surface area contributed by atoms with Crippen LogP contribution in [-0.4, -0.2) is 10.9 Å². The summed E-state index contributed by atoms with van der Waals surface area (Å²) in [6.07, 6.45) is -1.01. The predicted octanol–water partition coefficient (Wildman–Crippen LogP) is 6.39. The maximum atomic E-state index is 14.6. The Kier molecular flexibility index (Phi) is 6.42. The van der Waals surface area contributed by atoms with E-state index in [2.05, 4.69) is 0 Å². The van der Waals surface area contributed by atoms with E-state index in [9.17, 15) is 23.1 Å². The zero-order valence-corrected chi connectivity index (χ0v) is 17.0. The molecule has 1 atom stereocenters. The summed E-state index contributed by atoms with van der Waals surface area (Å²) in [5, 5.41) is 10.8. The fraction of sp³-hybridized carbons (Fsp3) is 0.240. The lowest BCUT2D eigenvalue weighted by Crippen LogP contribution is -2.07. The number of aliphatic hydroxyl groups is 1. The lowest BCUT2D eigenvalue weighted by molar-refractivity contribution is 0.0967. The van der Waals surface area contributed by atoms with Crippen molar-refractivity contribution in [2.24, 2.45) is 5.92 Å². The van der Waals surface area contributed by atoms with Crippen molar-refractivity contribution in [1.29, 1.82) is 0 Å². The predicted molar refractivity (Wildman–Crippen MR) is 111 cm³/mol. The van der Waals surface area contributed by atoms with E-state index in [-0.39, 0.29) is 17.3 Å². The van der Waals surface area contributed by atoms with Gasteiger partial charge in [0.25, 0.3) is 0 Å². The number of hydrogen-bond donors (Lipinski definition) is 1. The van der Waals surface area contributed by atoms with Crippen molar-refractivity contribution in [3.05, 3.63) is 94.3 Å². The van der Waals surface area contributed by atoms with Crippen LogP contribution in [0.3, 0.4) is 0 Å². The van der Waals surface area contributed by atoms with E-state index in [1.165, 1.54) is 18.2 Å². The first-order valence-corrected chi connectivity index (χ1v) is 9.73. The van der Waals surface area contributed by atoms with Gasteiger partial charge in [-0.1, -0.05) is 32.0 Å². The number of ketones is 1.